The Morgan fingerprint density at radius 3 is 2.86 bits per heavy atom. The van der Waals surface area contributed by atoms with E-state index >= 15 is 0 Å². The minimum Gasteiger partial charge on any atom is -0.493 e. The summed E-state index contributed by atoms with van der Waals surface area (Å²) in [5.41, 5.74) is 0.475. The summed E-state index contributed by atoms with van der Waals surface area (Å²) >= 11 is 0. The average molecular weight is 190 g/mol. The first-order chi connectivity index (χ1) is 6.72. The van der Waals surface area contributed by atoms with Crippen LogP contribution in [0.1, 0.15) is 5.76 Å². The number of aryl methyl sites for hydroxylation is 1. The Morgan fingerprint density at radius 2 is 2.14 bits per heavy atom. The quantitative estimate of drug-likeness (QED) is 0.691. The third kappa shape index (κ3) is 1.27. The number of hydrogen-bond donors (Lipinski definition) is 0. The molecule has 14 heavy (non-hydrogen) atoms. The molecule has 0 saturated carbocycles. The first-order valence-electron chi connectivity index (χ1n) is 4.30. The van der Waals surface area contributed by atoms with Gasteiger partial charge in [0.2, 0.25) is 0 Å². The van der Waals surface area contributed by atoms with Gasteiger partial charge in [-0.15, -0.1) is 0 Å². The maximum atomic E-state index is 11.6. The van der Waals surface area contributed by atoms with Crippen LogP contribution in [0, 0.1) is 6.92 Å². The Bertz CT molecular complexity index is 526. The molecular weight excluding hydrogens is 180 g/mol. The molecule has 1 aromatic carbocycles. The third-order valence-electron chi connectivity index (χ3n) is 2.06. The number of rotatable bonds is 1. The van der Waals surface area contributed by atoms with Crippen molar-refractivity contribution in [3.8, 4) is 5.75 Å². The van der Waals surface area contributed by atoms with Crippen molar-refractivity contribution >= 4 is 11.0 Å². The summed E-state index contributed by atoms with van der Waals surface area (Å²) in [5.74, 6) is 1.18. The SMILES string of the molecule is COc1cccc2c(=O)cc(C)oc12. The lowest BCUT2D eigenvalue weighted by Crippen LogP contribution is -2.00. The molecule has 0 atom stereocenters. The Hall–Kier alpha value is -1.77. The van der Waals surface area contributed by atoms with Crippen LogP contribution in [0.25, 0.3) is 11.0 Å². The molecule has 0 aliphatic carbocycles. The lowest BCUT2D eigenvalue weighted by atomic mass is 10.2. The van der Waals surface area contributed by atoms with Gasteiger partial charge < -0.3 is 9.15 Å². The third-order valence-corrected chi connectivity index (χ3v) is 2.06. The number of methoxy groups -OCH3 is 1. The van der Waals surface area contributed by atoms with E-state index in [4.69, 9.17) is 9.15 Å². The molecule has 2 aromatic rings. The summed E-state index contributed by atoms with van der Waals surface area (Å²) in [7, 11) is 1.55. The van der Waals surface area contributed by atoms with Gasteiger partial charge in [0.15, 0.2) is 16.8 Å². The van der Waals surface area contributed by atoms with Crippen molar-refractivity contribution in [2.24, 2.45) is 0 Å². The number of ether oxygens (including phenoxy) is 1. The molecule has 0 aliphatic heterocycles. The molecule has 0 radical (unpaired) electrons. The molecule has 3 heteroatoms. The Labute approximate surface area is 80.9 Å². The second-order valence-corrected chi connectivity index (χ2v) is 3.06. The lowest BCUT2D eigenvalue weighted by molar-refractivity contribution is 0.407. The van der Waals surface area contributed by atoms with Gasteiger partial charge in [0, 0.05) is 6.07 Å². The summed E-state index contributed by atoms with van der Waals surface area (Å²) in [6.07, 6.45) is 0. The van der Waals surface area contributed by atoms with Gasteiger partial charge in [0.05, 0.1) is 12.5 Å². The minimum absolute atomic E-state index is 0.0392. The van der Waals surface area contributed by atoms with Crippen LogP contribution in [0.15, 0.2) is 33.5 Å². The van der Waals surface area contributed by atoms with Gasteiger partial charge in [-0.1, -0.05) is 6.07 Å². The molecule has 1 aromatic heterocycles. The van der Waals surface area contributed by atoms with Gasteiger partial charge in [-0.3, -0.25) is 4.79 Å². The van der Waals surface area contributed by atoms with E-state index in [-0.39, 0.29) is 5.43 Å². The van der Waals surface area contributed by atoms with E-state index in [9.17, 15) is 4.79 Å². The minimum atomic E-state index is -0.0392. The highest BCUT2D eigenvalue weighted by molar-refractivity contribution is 5.82. The van der Waals surface area contributed by atoms with Crippen LogP contribution in [-0.4, -0.2) is 7.11 Å². The van der Waals surface area contributed by atoms with Crippen LogP contribution in [0.2, 0.25) is 0 Å². The summed E-state index contributed by atoms with van der Waals surface area (Å²) in [4.78, 5) is 11.6. The smallest absolute Gasteiger partial charge is 0.193 e. The fourth-order valence-corrected chi connectivity index (χ4v) is 1.43. The van der Waals surface area contributed by atoms with Gasteiger partial charge in [-0.05, 0) is 19.1 Å². The van der Waals surface area contributed by atoms with Crippen molar-refractivity contribution in [2.45, 2.75) is 6.92 Å². The molecule has 2 rings (SSSR count). The average Bonchev–Trinajstić information content (AvgIpc) is 2.17. The number of para-hydroxylation sites is 1. The van der Waals surface area contributed by atoms with E-state index in [1.807, 2.05) is 0 Å². The normalized spacial score (nSPS) is 10.4. The van der Waals surface area contributed by atoms with Crippen LogP contribution in [-0.2, 0) is 0 Å². The Morgan fingerprint density at radius 1 is 1.36 bits per heavy atom. The van der Waals surface area contributed by atoms with E-state index in [0.717, 1.165) is 0 Å². The van der Waals surface area contributed by atoms with Crippen LogP contribution in [0.3, 0.4) is 0 Å². The number of fused-ring (bicyclic) bond motifs is 1. The molecule has 0 fully saturated rings. The molecule has 0 spiro atoms. The first-order valence-corrected chi connectivity index (χ1v) is 4.30. The molecule has 0 unspecified atom stereocenters. The van der Waals surface area contributed by atoms with Gasteiger partial charge in [-0.2, -0.15) is 0 Å². The molecule has 72 valence electrons. The van der Waals surface area contributed by atoms with Crippen LogP contribution < -0.4 is 10.2 Å². The highest BCUT2D eigenvalue weighted by Crippen LogP contribution is 2.23. The Kier molecular flexibility index (Phi) is 2.00. The molecule has 3 nitrogen and oxygen atoms in total. The van der Waals surface area contributed by atoms with Crippen molar-refractivity contribution < 1.29 is 9.15 Å². The molecule has 0 aliphatic rings. The van der Waals surface area contributed by atoms with E-state index in [2.05, 4.69) is 0 Å². The molecule has 0 amide bonds. The fraction of sp³-hybridized carbons (Fsp3) is 0.182. The summed E-state index contributed by atoms with van der Waals surface area (Å²) < 4.78 is 10.5. The van der Waals surface area contributed by atoms with Crippen molar-refractivity contribution in [1.29, 1.82) is 0 Å². The van der Waals surface area contributed by atoms with Crippen molar-refractivity contribution in [3.05, 3.63) is 40.2 Å². The molecule has 1 heterocycles. The second kappa shape index (κ2) is 3.18. The molecular formula is C11H10O3. The first kappa shape index (κ1) is 8.81. The predicted molar refractivity (Wildman–Crippen MR) is 53.8 cm³/mol. The topological polar surface area (TPSA) is 39.4 Å². The Balaban J connectivity index is 2.94. The zero-order chi connectivity index (χ0) is 10.1. The predicted octanol–water partition coefficient (Wildman–Crippen LogP) is 2.11. The van der Waals surface area contributed by atoms with E-state index in [1.165, 1.54) is 6.07 Å². The van der Waals surface area contributed by atoms with Gasteiger partial charge >= 0.3 is 0 Å². The van der Waals surface area contributed by atoms with Crippen molar-refractivity contribution in [3.63, 3.8) is 0 Å². The monoisotopic (exact) mass is 190 g/mol. The van der Waals surface area contributed by atoms with Crippen LogP contribution in [0.5, 0.6) is 5.75 Å². The van der Waals surface area contributed by atoms with Crippen molar-refractivity contribution in [1.82, 2.24) is 0 Å². The molecule has 0 N–H and O–H groups in total. The van der Waals surface area contributed by atoms with E-state index in [1.54, 1.807) is 32.2 Å². The number of hydrogen-bond acceptors (Lipinski definition) is 3. The largest absolute Gasteiger partial charge is 0.493 e. The maximum absolute atomic E-state index is 11.6. The molecule has 0 saturated heterocycles. The van der Waals surface area contributed by atoms with Gasteiger partial charge in [0.25, 0.3) is 0 Å². The second-order valence-electron chi connectivity index (χ2n) is 3.06. The number of benzene rings is 1. The maximum Gasteiger partial charge on any atom is 0.193 e. The van der Waals surface area contributed by atoms with Crippen LogP contribution >= 0.6 is 0 Å². The highest BCUT2D eigenvalue weighted by atomic mass is 16.5. The summed E-state index contributed by atoms with van der Waals surface area (Å²) in [5, 5.41) is 0.551. The highest BCUT2D eigenvalue weighted by Gasteiger charge is 2.06. The van der Waals surface area contributed by atoms with E-state index < -0.39 is 0 Å². The summed E-state index contributed by atoms with van der Waals surface area (Å²) in [6.45, 7) is 1.74. The standard InChI is InChI=1S/C11H10O3/c1-7-6-9(12)8-4-3-5-10(13-2)11(8)14-7/h3-6H,1-2H3. The zero-order valence-electron chi connectivity index (χ0n) is 8.03. The van der Waals surface area contributed by atoms with Gasteiger partial charge in [-0.25, -0.2) is 0 Å². The van der Waals surface area contributed by atoms with Crippen LogP contribution in [0.4, 0.5) is 0 Å². The molecule has 0 bridgehead atoms. The summed E-state index contributed by atoms with van der Waals surface area (Å²) in [6, 6.07) is 6.74. The van der Waals surface area contributed by atoms with E-state index in [0.29, 0.717) is 22.5 Å². The zero-order valence-corrected chi connectivity index (χ0v) is 8.03. The fourth-order valence-electron chi connectivity index (χ4n) is 1.43. The van der Waals surface area contributed by atoms with Crippen molar-refractivity contribution in [2.75, 3.05) is 7.11 Å². The van der Waals surface area contributed by atoms with Gasteiger partial charge in [0.1, 0.15) is 5.76 Å². The lowest BCUT2D eigenvalue weighted by Gasteiger charge is -2.03.